The van der Waals surface area contributed by atoms with Crippen LogP contribution in [0, 0.1) is 0 Å². The number of carbonyl (C=O) groups is 1. The molecule has 3 aromatic carbocycles. The third-order valence-corrected chi connectivity index (χ3v) is 6.62. The van der Waals surface area contributed by atoms with Crippen LogP contribution in [0.25, 0.3) is 11.0 Å². The highest BCUT2D eigenvalue weighted by Gasteiger charge is 2.18. The highest BCUT2D eigenvalue weighted by atomic mass is 35.5. The Hall–Kier alpha value is -3.77. The Kier molecular flexibility index (Phi) is 9.44. The Morgan fingerprint density at radius 2 is 1.84 bits per heavy atom. The third kappa shape index (κ3) is 6.95. The number of aromatic nitrogens is 2. The minimum atomic E-state index is -0.239. The van der Waals surface area contributed by atoms with Crippen LogP contribution in [0.15, 0.2) is 79.4 Å². The molecule has 1 atom stereocenters. The number of nitrogens with zero attached hydrogens (tertiary/aromatic N) is 2. The van der Waals surface area contributed by atoms with Gasteiger partial charge in [0.1, 0.15) is 5.82 Å². The van der Waals surface area contributed by atoms with Crippen LogP contribution in [-0.2, 0) is 24.2 Å². The van der Waals surface area contributed by atoms with Crippen LogP contribution in [0.2, 0.25) is 5.02 Å². The number of amides is 1. The average molecular weight is 532 g/mol. The number of para-hydroxylation sites is 2. The maximum atomic E-state index is 12.7. The number of hydrogen-bond acceptors (Lipinski definition) is 4. The van der Waals surface area contributed by atoms with Gasteiger partial charge in [0.05, 0.1) is 37.2 Å². The number of imidazole rings is 1. The number of halogens is 1. The normalized spacial score (nSPS) is 11.8. The molecule has 0 aliphatic rings. The number of benzene rings is 3. The van der Waals surface area contributed by atoms with E-state index in [2.05, 4.69) is 22.5 Å². The molecular weight excluding hydrogens is 498 g/mol. The molecule has 0 spiro atoms. The highest BCUT2D eigenvalue weighted by Crippen LogP contribution is 2.29. The fourth-order valence-electron chi connectivity index (χ4n) is 4.48. The van der Waals surface area contributed by atoms with Gasteiger partial charge in [0, 0.05) is 11.6 Å². The molecule has 0 aliphatic carbocycles. The molecule has 0 bridgehead atoms. The van der Waals surface area contributed by atoms with E-state index in [9.17, 15) is 4.79 Å². The number of unbranched alkanes of at least 4 members (excludes halogenated alkanes) is 1. The molecule has 4 aromatic rings. The Morgan fingerprint density at radius 1 is 1.08 bits per heavy atom. The number of hydrogen-bond donors (Lipinski definition) is 1. The first kappa shape index (κ1) is 27.3. The molecule has 1 N–H and O–H groups in total. The van der Waals surface area contributed by atoms with E-state index < -0.39 is 0 Å². The van der Waals surface area contributed by atoms with Crippen molar-refractivity contribution in [1.29, 1.82) is 0 Å². The van der Waals surface area contributed by atoms with Gasteiger partial charge in [-0.2, -0.15) is 0 Å². The quantitative estimate of drug-likeness (QED) is 0.154. The lowest BCUT2D eigenvalue weighted by Crippen LogP contribution is -2.30. The first-order valence-electron chi connectivity index (χ1n) is 12.9. The van der Waals surface area contributed by atoms with Crippen molar-refractivity contribution in [2.75, 3.05) is 13.7 Å². The van der Waals surface area contributed by atoms with Crippen LogP contribution in [0.5, 0.6) is 11.5 Å². The van der Waals surface area contributed by atoms with Gasteiger partial charge in [-0.25, -0.2) is 4.98 Å². The van der Waals surface area contributed by atoms with Crippen LogP contribution >= 0.6 is 11.6 Å². The standard InChI is InChI=1S/C31H34ClN3O3/c1-4-9-23-14-17-28(29(20-23)37-3)38-19-8-7-18-35-27-11-6-5-10-26(27)34-31(35)22(2)33-30(36)21-24-12-15-25(32)16-13-24/h4-6,10-17,20,22H,1,7-9,18-19,21H2,2-3H3,(H,33,36). The molecule has 38 heavy (non-hydrogen) atoms. The molecule has 4 rings (SSSR count). The predicted molar refractivity (Wildman–Crippen MR) is 153 cm³/mol. The molecule has 1 unspecified atom stereocenters. The summed E-state index contributed by atoms with van der Waals surface area (Å²) in [5, 5.41) is 3.76. The SMILES string of the molecule is C=CCc1ccc(OCCCCn2c(C(C)NC(=O)Cc3ccc(Cl)cc3)nc3ccccc32)c(OC)c1. The van der Waals surface area contributed by atoms with Gasteiger partial charge >= 0.3 is 0 Å². The third-order valence-electron chi connectivity index (χ3n) is 6.37. The lowest BCUT2D eigenvalue weighted by molar-refractivity contribution is -0.121. The zero-order chi connectivity index (χ0) is 26.9. The zero-order valence-corrected chi connectivity index (χ0v) is 22.7. The summed E-state index contributed by atoms with van der Waals surface area (Å²) in [5.74, 6) is 2.26. The molecule has 1 heterocycles. The van der Waals surface area contributed by atoms with E-state index in [1.807, 2.05) is 61.5 Å². The minimum absolute atomic E-state index is 0.0557. The van der Waals surface area contributed by atoms with Gasteiger partial charge in [0.25, 0.3) is 0 Å². The molecule has 7 heteroatoms. The zero-order valence-electron chi connectivity index (χ0n) is 22.0. The number of rotatable bonds is 13. The summed E-state index contributed by atoms with van der Waals surface area (Å²) in [4.78, 5) is 17.6. The number of carbonyl (C=O) groups excluding carboxylic acids is 1. The predicted octanol–water partition coefficient (Wildman–Crippen LogP) is 6.71. The molecule has 0 aliphatic heterocycles. The van der Waals surface area contributed by atoms with Gasteiger partial charge < -0.3 is 19.4 Å². The minimum Gasteiger partial charge on any atom is -0.493 e. The van der Waals surface area contributed by atoms with Gasteiger partial charge in [-0.1, -0.05) is 48.0 Å². The number of fused-ring (bicyclic) bond motifs is 1. The highest BCUT2D eigenvalue weighted by molar-refractivity contribution is 6.30. The van der Waals surface area contributed by atoms with E-state index in [1.165, 1.54) is 0 Å². The first-order valence-corrected chi connectivity index (χ1v) is 13.3. The average Bonchev–Trinajstić information content (AvgIpc) is 3.29. The fraction of sp³-hybridized carbons (Fsp3) is 0.290. The summed E-state index contributed by atoms with van der Waals surface area (Å²) < 4.78 is 13.7. The lowest BCUT2D eigenvalue weighted by atomic mass is 10.1. The maximum absolute atomic E-state index is 12.7. The fourth-order valence-corrected chi connectivity index (χ4v) is 4.61. The Balaban J connectivity index is 1.37. The van der Waals surface area contributed by atoms with Crippen molar-refractivity contribution in [2.45, 2.75) is 45.2 Å². The van der Waals surface area contributed by atoms with E-state index in [0.29, 0.717) is 11.6 Å². The van der Waals surface area contributed by atoms with Crippen molar-refractivity contribution in [1.82, 2.24) is 14.9 Å². The Bertz CT molecular complexity index is 1380. The molecule has 198 valence electrons. The number of aryl methyl sites for hydroxylation is 1. The summed E-state index contributed by atoms with van der Waals surface area (Å²) in [6.07, 6.45) is 4.71. The lowest BCUT2D eigenvalue weighted by Gasteiger charge is -2.17. The smallest absolute Gasteiger partial charge is 0.224 e. The van der Waals surface area contributed by atoms with Crippen LogP contribution in [0.4, 0.5) is 0 Å². The molecule has 0 saturated heterocycles. The van der Waals surface area contributed by atoms with Gasteiger partial charge in [-0.05, 0) is 73.7 Å². The molecule has 1 aromatic heterocycles. The molecule has 0 fully saturated rings. The molecular formula is C31H34ClN3O3. The van der Waals surface area contributed by atoms with Crippen molar-refractivity contribution < 1.29 is 14.3 Å². The molecule has 0 radical (unpaired) electrons. The first-order chi connectivity index (χ1) is 18.5. The van der Waals surface area contributed by atoms with Gasteiger partial charge in [0.15, 0.2) is 11.5 Å². The van der Waals surface area contributed by atoms with Crippen LogP contribution < -0.4 is 14.8 Å². The monoisotopic (exact) mass is 531 g/mol. The summed E-state index contributed by atoms with van der Waals surface area (Å²) in [6.45, 7) is 7.11. The largest absolute Gasteiger partial charge is 0.493 e. The maximum Gasteiger partial charge on any atom is 0.224 e. The van der Waals surface area contributed by atoms with Crippen molar-refractivity contribution >= 4 is 28.5 Å². The van der Waals surface area contributed by atoms with Gasteiger partial charge in [0.2, 0.25) is 5.91 Å². The van der Waals surface area contributed by atoms with E-state index in [1.54, 1.807) is 19.2 Å². The van der Waals surface area contributed by atoms with Crippen LogP contribution in [0.3, 0.4) is 0 Å². The van der Waals surface area contributed by atoms with E-state index in [0.717, 1.165) is 65.3 Å². The molecule has 1 amide bonds. The van der Waals surface area contributed by atoms with E-state index >= 15 is 0 Å². The van der Waals surface area contributed by atoms with Crippen molar-refractivity contribution in [2.24, 2.45) is 0 Å². The van der Waals surface area contributed by atoms with Crippen molar-refractivity contribution in [3.05, 3.63) is 101 Å². The van der Waals surface area contributed by atoms with E-state index in [-0.39, 0.29) is 18.4 Å². The van der Waals surface area contributed by atoms with E-state index in [4.69, 9.17) is 26.1 Å². The van der Waals surface area contributed by atoms with Crippen molar-refractivity contribution in [3.63, 3.8) is 0 Å². The van der Waals surface area contributed by atoms with Crippen LogP contribution in [0.1, 0.15) is 42.8 Å². The second kappa shape index (κ2) is 13.2. The second-order valence-corrected chi connectivity index (χ2v) is 9.67. The Labute approximate surface area is 229 Å². The molecule has 6 nitrogen and oxygen atoms in total. The Morgan fingerprint density at radius 3 is 2.61 bits per heavy atom. The summed E-state index contributed by atoms with van der Waals surface area (Å²) >= 11 is 5.96. The summed E-state index contributed by atoms with van der Waals surface area (Å²) in [6, 6.07) is 21.1. The second-order valence-electron chi connectivity index (χ2n) is 9.24. The number of ether oxygens (including phenoxy) is 2. The number of allylic oxidation sites excluding steroid dienone is 1. The van der Waals surface area contributed by atoms with Gasteiger partial charge in [-0.15, -0.1) is 6.58 Å². The summed E-state index contributed by atoms with van der Waals surface area (Å²) in [5.41, 5.74) is 4.03. The van der Waals surface area contributed by atoms with Gasteiger partial charge in [-0.3, -0.25) is 4.79 Å². The molecule has 0 saturated carbocycles. The summed E-state index contributed by atoms with van der Waals surface area (Å²) in [7, 11) is 1.65. The van der Waals surface area contributed by atoms with Crippen molar-refractivity contribution in [3.8, 4) is 11.5 Å². The topological polar surface area (TPSA) is 65.4 Å². The number of nitrogens with one attached hydrogen (secondary N) is 1. The van der Waals surface area contributed by atoms with Crippen LogP contribution in [-0.4, -0.2) is 29.2 Å². The number of methoxy groups -OCH3 is 1.